The first-order valence-corrected chi connectivity index (χ1v) is 5.79. The lowest BCUT2D eigenvalue weighted by atomic mass is 9.96. The molecular weight excluding hydrogens is 244 g/mol. The Morgan fingerprint density at radius 3 is 2.58 bits per heavy atom. The summed E-state index contributed by atoms with van der Waals surface area (Å²) in [5.41, 5.74) is 15.3. The van der Waals surface area contributed by atoms with Gasteiger partial charge >= 0.3 is 0 Å². The quantitative estimate of drug-likeness (QED) is 0.337. The second kappa shape index (κ2) is 5.58. The van der Waals surface area contributed by atoms with Gasteiger partial charge in [-0.1, -0.05) is 35.4 Å². The van der Waals surface area contributed by atoms with Crippen molar-refractivity contribution in [2.45, 2.75) is 12.2 Å². The molecule has 0 amide bonds. The number of aliphatic hydroxyl groups is 2. The standard InChI is InChI=1S/C13H14N4O2/c14-11-6-2-3-8-9(11)4-1-5-10(8)13(19)12(18)7-16-17-15/h1-6,12-13,18-19H,7,14H2. The average Bonchev–Trinajstić information content (AvgIpc) is 2.44. The smallest absolute Gasteiger partial charge is 0.106 e. The predicted octanol–water partition coefficient (Wildman–Crippen LogP) is 2.13. The number of rotatable bonds is 4. The van der Waals surface area contributed by atoms with Crippen molar-refractivity contribution in [2.75, 3.05) is 12.3 Å². The number of nitrogen functional groups attached to an aromatic ring is 1. The molecule has 2 aromatic carbocycles. The van der Waals surface area contributed by atoms with Crippen LogP contribution in [0.1, 0.15) is 11.7 Å². The lowest BCUT2D eigenvalue weighted by Gasteiger charge is -2.18. The Labute approximate surface area is 109 Å². The van der Waals surface area contributed by atoms with Crippen molar-refractivity contribution in [1.29, 1.82) is 0 Å². The van der Waals surface area contributed by atoms with E-state index in [1.807, 2.05) is 12.1 Å². The summed E-state index contributed by atoms with van der Waals surface area (Å²) in [4.78, 5) is 2.56. The van der Waals surface area contributed by atoms with Crippen molar-refractivity contribution in [2.24, 2.45) is 5.11 Å². The van der Waals surface area contributed by atoms with Crippen molar-refractivity contribution in [3.05, 3.63) is 52.4 Å². The number of anilines is 1. The Balaban J connectivity index is 2.45. The van der Waals surface area contributed by atoms with Gasteiger partial charge in [-0.2, -0.15) is 0 Å². The molecule has 2 atom stereocenters. The SMILES string of the molecule is [N-]=[N+]=NCC(O)C(O)c1cccc2c(N)cccc12. The van der Waals surface area contributed by atoms with Crippen LogP contribution in [0.2, 0.25) is 0 Å². The van der Waals surface area contributed by atoms with Gasteiger partial charge in [-0.3, -0.25) is 0 Å². The van der Waals surface area contributed by atoms with E-state index in [9.17, 15) is 10.2 Å². The molecule has 2 rings (SSSR count). The van der Waals surface area contributed by atoms with E-state index >= 15 is 0 Å². The van der Waals surface area contributed by atoms with Gasteiger partial charge in [-0.15, -0.1) is 0 Å². The highest BCUT2D eigenvalue weighted by Gasteiger charge is 2.19. The van der Waals surface area contributed by atoms with Crippen LogP contribution in [0, 0.1) is 0 Å². The zero-order valence-corrected chi connectivity index (χ0v) is 10.1. The molecule has 98 valence electrons. The summed E-state index contributed by atoms with van der Waals surface area (Å²) in [5, 5.41) is 24.8. The highest BCUT2D eigenvalue weighted by atomic mass is 16.3. The van der Waals surface area contributed by atoms with E-state index in [1.54, 1.807) is 24.3 Å². The normalized spacial score (nSPS) is 13.8. The van der Waals surface area contributed by atoms with Crippen LogP contribution in [0.25, 0.3) is 21.2 Å². The minimum absolute atomic E-state index is 0.184. The fourth-order valence-electron chi connectivity index (χ4n) is 2.04. The van der Waals surface area contributed by atoms with Crippen LogP contribution in [0.5, 0.6) is 0 Å². The molecule has 0 spiro atoms. The van der Waals surface area contributed by atoms with Gasteiger partial charge < -0.3 is 15.9 Å². The Hall–Kier alpha value is -2.27. The van der Waals surface area contributed by atoms with Gasteiger partial charge in [0.1, 0.15) is 6.10 Å². The summed E-state index contributed by atoms with van der Waals surface area (Å²) < 4.78 is 0. The lowest BCUT2D eigenvalue weighted by molar-refractivity contribution is 0.0253. The summed E-state index contributed by atoms with van der Waals surface area (Å²) in [6, 6.07) is 10.7. The molecule has 0 saturated carbocycles. The molecule has 0 aliphatic carbocycles. The largest absolute Gasteiger partial charge is 0.398 e. The van der Waals surface area contributed by atoms with Gasteiger partial charge in [0.15, 0.2) is 0 Å². The third kappa shape index (κ3) is 2.61. The molecule has 0 heterocycles. The summed E-state index contributed by atoms with van der Waals surface area (Å²) in [6.45, 7) is -0.184. The summed E-state index contributed by atoms with van der Waals surface area (Å²) in [7, 11) is 0. The number of benzene rings is 2. The summed E-state index contributed by atoms with van der Waals surface area (Å²) >= 11 is 0. The highest BCUT2D eigenvalue weighted by Crippen LogP contribution is 2.29. The monoisotopic (exact) mass is 258 g/mol. The number of nitrogens with zero attached hydrogens (tertiary/aromatic N) is 3. The van der Waals surface area contributed by atoms with Gasteiger partial charge in [0.05, 0.1) is 12.6 Å². The lowest BCUT2D eigenvalue weighted by Crippen LogP contribution is -2.21. The Morgan fingerprint density at radius 1 is 1.16 bits per heavy atom. The molecule has 0 bridgehead atoms. The summed E-state index contributed by atoms with van der Waals surface area (Å²) in [5.74, 6) is 0. The van der Waals surface area contributed by atoms with E-state index < -0.39 is 12.2 Å². The fraction of sp³-hybridized carbons (Fsp3) is 0.231. The zero-order valence-electron chi connectivity index (χ0n) is 10.1. The van der Waals surface area contributed by atoms with Crippen molar-refractivity contribution in [1.82, 2.24) is 0 Å². The molecule has 0 fully saturated rings. The van der Waals surface area contributed by atoms with E-state index in [4.69, 9.17) is 11.3 Å². The molecule has 0 aliphatic rings. The topological polar surface area (TPSA) is 115 Å². The molecule has 0 aliphatic heterocycles. The number of nitrogens with two attached hydrogens (primary N) is 1. The van der Waals surface area contributed by atoms with Crippen molar-refractivity contribution in [3.63, 3.8) is 0 Å². The first-order chi connectivity index (χ1) is 9.15. The van der Waals surface area contributed by atoms with Crippen molar-refractivity contribution >= 4 is 16.5 Å². The minimum atomic E-state index is -1.15. The molecule has 2 aromatic rings. The van der Waals surface area contributed by atoms with Gasteiger partial charge in [-0.25, -0.2) is 0 Å². The molecule has 4 N–H and O–H groups in total. The molecule has 0 radical (unpaired) electrons. The van der Waals surface area contributed by atoms with E-state index in [-0.39, 0.29) is 6.54 Å². The van der Waals surface area contributed by atoms with Crippen LogP contribution in [0.15, 0.2) is 41.5 Å². The Morgan fingerprint density at radius 2 is 1.84 bits per heavy atom. The number of azide groups is 1. The van der Waals surface area contributed by atoms with Crippen LogP contribution in [0.3, 0.4) is 0 Å². The summed E-state index contributed by atoms with van der Waals surface area (Å²) in [6.07, 6.45) is -2.28. The number of hydrogen-bond acceptors (Lipinski definition) is 4. The second-order valence-corrected chi connectivity index (χ2v) is 4.22. The zero-order chi connectivity index (χ0) is 13.8. The van der Waals surface area contributed by atoms with Gasteiger partial charge in [-0.05, 0) is 22.5 Å². The first kappa shape index (κ1) is 13.2. The maximum absolute atomic E-state index is 10.1. The Bertz CT molecular complexity index is 638. The maximum atomic E-state index is 10.1. The van der Waals surface area contributed by atoms with E-state index in [0.29, 0.717) is 11.3 Å². The van der Waals surface area contributed by atoms with Crippen LogP contribution >= 0.6 is 0 Å². The van der Waals surface area contributed by atoms with Crippen LogP contribution in [0.4, 0.5) is 5.69 Å². The van der Waals surface area contributed by atoms with Crippen LogP contribution in [-0.4, -0.2) is 22.9 Å². The van der Waals surface area contributed by atoms with Crippen LogP contribution in [-0.2, 0) is 0 Å². The molecule has 2 unspecified atom stereocenters. The van der Waals surface area contributed by atoms with Crippen molar-refractivity contribution < 1.29 is 10.2 Å². The average molecular weight is 258 g/mol. The highest BCUT2D eigenvalue weighted by molar-refractivity contribution is 5.95. The molecule has 0 aromatic heterocycles. The number of hydrogen-bond donors (Lipinski definition) is 3. The van der Waals surface area contributed by atoms with E-state index in [1.165, 1.54) is 0 Å². The third-order valence-electron chi connectivity index (χ3n) is 3.00. The predicted molar refractivity (Wildman–Crippen MR) is 73.3 cm³/mol. The Kier molecular flexibility index (Phi) is 3.87. The third-order valence-corrected chi connectivity index (χ3v) is 3.00. The van der Waals surface area contributed by atoms with Crippen molar-refractivity contribution in [3.8, 4) is 0 Å². The van der Waals surface area contributed by atoms with E-state index in [2.05, 4.69) is 10.0 Å². The number of fused-ring (bicyclic) bond motifs is 1. The molecule has 19 heavy (non-hydrogen) atoms. The van der Waals surface area contributed by atoms with Gasteiger partial charge in [0.2, 0.25) is 0 Å². The number of aliphatic hydroxyl groups excluding tert-OH is 2. The fourth-order valence-corrected chi connectivity index (χ4v) is 2.04. The van der Waals surface area contributed by atoms with E-state index in [0.717, 1.165) is 10.8 Å². The molecule has 6 nitrogen and oxygen atoms in total. The van der Waals surface area contributed by atoms with Crippen LogP contribution < -0.4 is 5.73 Å². The van der Waals surface area contributed by atoms with Gasteiger partial charge in [0.25, 0.3) is 0 Å². The molecular formula is C13H14N4O2. The molecule has 0 saturated heterocycles. The first-order valence-electron chi connectivity index (χ1n) is 5.79. The second-order valence-electron chi connectivity index (χ2n) is 4.22. The van der Waals surface area contributed by atoms with Gasteiger partial charge in [0, 0.05) is 16.0 Å². The molecule has 6 heteroatoms. The maximum Gasteiger partial charge on any atom is 0.106 e. The minimum Gasteiger partial charge on any atom is -0.398 e.